The molecular weight excluding hydrogens is 210 g/mol. The number of aryl methyl sites for hydroxylation is 1. The molecule has 0 fully saturated rings. The highest BCUT2D eigenvalue weighted by Crippen LogP contribution is 2.20. The van der Waals surface area contributed by atoms with Crippen LogP contribution in [0.1, 0.15) is 19.5 Å². The molecule has 0 saturated carbocycles. The summed E-state index contributed by atoms with van der Waals surface area (Å²) in [5.41, 5.74) is 9.26. The SMILES string of the molecule is CCn1nc(CC(C)N)cc1-c1ccccc1. The minimum Gasteiger partial charge on any atom is -0.328 e. The summed E-state index contributed by atoms with van der Waals surface area (Å²) in [6.07, 6.45) is 0.826. The summed E-state index contributed by atoms with van der Waals surface area (Å²) in [5, 5.41) is 4.58. The van der Waals surface area contributed by atoms with Crippen molar-refractivity contribution >= 4 is 0 Å². The summed E-state index contributed by atoms with van der Waals surface area (Å²) < 4.78 is 2.03. The lowest BCUT2D eigenvalue weighted by atomic mass is 10.1. The van der Waals surface area contributed by atoms with Crippen LogP contribution in [0.5, 0.6) is 0 Å². The van der Waals surface area contributed by atoms with Crippen molar-refractivity contribution in [3.05, 3.63) is 42.1 Å². The molecule has 0 saturated heterocycles. The van der Waals surface area contributed by atoms with Gasteiger partial charge >= 0.3 is 0 Å². The number of rotatable bonds is 4. The van der Waals surface area contributed by atoms with E-state index in [0.717, 1.165) is 18.7 Å². The molecule has 0 aliphatic carbocycles. The lowest BCUT2D eigenvalue weighted by Crippen LogP contribution is -2.18. The highest BCUT2D eigenvalue weighted by atomic mass is 15.3. The topological polar surface area (TPSA) is 43.8 Å². The van der Waals surface area contributed by atoms with Gasteiger partial charge in [0.1, 0.15) is 0 Å². The maximum Gasteiger partial charge on any atom is 0.0685 e. The molecular formula is C14H19N3. The molecule has 2 aromatic rings. The molecule has 1 unspecified atom stereocenters. The predicted molar refractivity (Wildman–Crippen MR) is 70.7 cm³/mol. The van der Waals surface area contributed by atoms with Gasteiger partial charge in [-0.05, 0) is 25.5 Å². The van der Waals surface area contributed by atoms with Crippen molar-refractivity contribution < 1.29 is 0 Å². The van der Waals surface area contributed by atoms with Crippen LogP contribution < -0.4 is 5.73 Å². The summed E-state index contributed by atoms with van der Waals surface area (Å²) in [4.78, 5) is 0. The zero-order valence-electron chi connectivity index (χ0n) is 10.4. The Labute approximate surface area is 102 Å². The predicted octanol–water partition coefficient (Wildman–Crippen LogP) is 2.46. The molecule has 0 spiro atoms. The van der Waals surface area contributed by atoms with Crippen molar-refractivity contribution in [2.45, 2.75) is 32.9 Å². The molecule has 2 rings (SSSR count). The first kappa shape index (κ1) is 11.9. The number of benzene rings is 1. The van der Waals surface area contributed by atoms with Crippen molar-refractivity contribution in [2.75, 3.05) is 0 Å². The number of hydrogen-bond donors (Lipinski definition) is 1. The molecule has 3 heteroatoms. The molecule has 1 aromatic heterocycles. The molecule has 0 amide bonds. The lowest BCUT2D eigenvalue weighted by Gasteiger charge is -2.03. The molecule has 0 aliphatic rings. The smallest absolute Gasteiger partial charge is 0.0685 e. The fraction of sp³-hybridized carbons (Fsp3) is 0.357. The van der Waals surface area contributed by atoms with Crippen LogP contribution in [0.3, 0.4) is 0 Å². The van der Waals surface area contributed by atoms with E-state index in [4.69, 9.17) is 5.73 Å². The Hall–Kier alpha value is -1.61. The van der Waals surface area contributed by atoms with Gasteiger partial charge in [-0.3, -0.25) is 4.68 Å². The molecule has 1 heterocycles. The second kappa shape index (κ2) is 5.15. The standard InChI is InChI=1S/C14H19N3/c1-3-17-14(12-7-5-4-6-8-12)10-13(16-17)9-11(2)15/h4-8,10-11H,3,9,15H2,1-2H3. The maximum absolute atomic E-state index is 5.81. The van der Waals surface area contributed by atoms with Gasteiger partial charge in [0.25, 0.3) is 0 Å². The molecule has 0 radical (unpaired) electrons. The molecule has 1 aromatic carbocycles. The van der Waals surface area contributed by atoms with Crippen LogP contribution in [0.15, 0.2) is 36.4 Å². The van der Waals surface area contributed by atoms with Gasteiger partial charge in [-0.25, -0.2) is 0 Å². The molecule has 2 N–H and O–H groups in total. The average Bonchev–Trinajstić information content (AvgIpc) is 2.72. The Morgan fingerprint density at radius 3 is 2.59 bits per heavy atom. The van der Waals surface area contributed by atoms with E-state index in [2.05, 4.69) is 30.2 Å². The van der Waals surface area contributed by atoms with E-state index in [1.807, 2.05) is 29.8 Å². The van der Waals surface area contributed by atoms with Gasteiger partial charge in [-0.2, -0.15) is 5.10 Å². The van der Waals surface area contributed by atoms with Gasteiger partial charge in [0.05, 0.1) is 11.4 Å². The van der Waals surface area contributed by atoms with Crippen molar-refractivity contribution in [3.8, 4) is 11.3 Å². The Morgan fingerprint density at radius 1 is 1.29 bits per heavy atom. The minimum absolute atomic E-state index is 0.152. The first-order valence-electron chi connectivity index (χ1n) is 6.08. The van der Waals surface area contributed by atoms with E-state index in [1.165, 1.54) is 11.3 Å². The second-order valence-corrected chi connectivity index (χ2v) is 4.38. The fourth-order valence-corrected chi connectivity index (χ4v) is 1.98. The number of nitrogens with two attached hydrogens (primary N) is 1. The molecule has 17 heavy (non-hydrogen) atoms. The third-order valence-electron chi connectivity index (χ3n) is 2.73. The van der Waals surface area contributed by atoms with Crippen molar-refractivity contribution in [3.63, 3.8) is 0 Å². The first-order valence-corrected chi connectivity index (χ1v) is 6.08. The van der Waals surface area contributed by atoms with Crippen LogP contribution in [0.4, 0.5) is 0 Å². The average molecular weight is 229 g/mol. The highest BCUT2D eigenvalue weighted by molar-refractivity contribution is 5.59. The minimum atomic E-state index is 0.152. The van der Waals surface area contributed by atoms with Gasteiger partial charge in [0.2, 0.25) is 0 Å². The van der Waals surface area contributed by atoms with E-state index in [-0.39, 0.29) is 6.04 Å². The first-order chi connectivity index (χ1) is 8.20. The third-order valence-corrected chi connectivity index (χ3v) is 2.73. The van der Waals surface area contributed by atoms with E-state index in [9.17, 15) is 0 Å². The van der Waals surface area contributed by atoms with Crippen LogP contribution in [-0.4, -0.2) is 15.8 Å². The monoisotopic (exact) mass is 229 g/mol. The zero-order chi connectivity index (χ0) is 12.3. The third kappa shape index (κ3) is 2.74. The van der Waals surface area contributed by atoms with Crippen LogP contribution in [0.2, 0.25) is 0 Å². The van der Waals surface area contributed by atoms with E-state index < -0.39 is 0 Å². The molecule has 3 nitrogen and oxygen atoms in total. The zero-order valence-corrected chi connectivity index (χ0v) is 10.4. The van der Waals surface area contributed by atoms with Crippen LogP contribution in [0.25, 0.3) is 11.3 Å². The number of nitrogens with zero attached hydrogens (tertiary/aromatic N) is 2. The molecule has 0 bridgehead atoms. The second-order valence-electron chi connectivity index (χ2n) is 4.38. The summed E-state index contributed by atoms with van der Waals surface area (Å²) in [6, 6.07) is 12.6. The van der Waals surface area contributed by atoms with Gasteiger partial charge in [-0.1, -0.05) is 30.3 Å². The molecule has 90 valence electrons. The largest absolute Gasteiger partial charge is 0.328 e. The summed E-state index contributed by atoms with van der Waals surface area (Å²) in [5.74, 6) is 0. The lowest BCUT2D eigenvalue weighted by molar-refractivity contribution is 0.636. The summed E-state index contributed by atoms with van der Waals surface area (Å²) in [6.45, 7) is 4.99. The van der Waals surface area contributed by atoms with Gasteiger partial charge < -0.3 is 5.73 Å². The maximum atomic E-state index is 5.81. The van der Waals surface area contributed by atoms with Crippen molar-refractivity contribution in [2.24, 2.45) is 5.73 Å². The highest BCUT2D eigenvalue weighted by Gasteiger charge is 2.09. The summed E-state index contributed by atoms with van der Waals surface area (Å²) >= 11 is 0. The number of aromatic nitrogens is 2. The Kier molecular flexibility index (Phi) is 3.59. The summed E-state index contributed by atoms with van der Waals surface area (Å²) in [7, 11) is 0. The van der Waals surface area contributed by atoms with Crippen LogP contribution >= 0.6 is 0 Å². The molecule has 0 aliphatic heterocycles. The van der Waals surface area contributed by atoms with Gasteiger partial charge in [0.15, 0.2) is 0 Å². The van der Waals surface area contributed by atoms with Gasteiger partial charge in [-0.15, -0.1) is 0 Å². The number of hydrogen-bond acceptors (Lipinski definition) is 2. The van der Waals surface area contributed by atoms with E-state index in [0.29, 0.717) is 0 Å². The van der Waals surface area contributed by atoms with Crippen LogP contribution in [-0.2, 0) is 13.0 Å². The molecule has 1 atom stereocenters. The Bertz CT molecular complexity index is 471. The Morgan fingerprint density at radius 2 is 2.00 bits per heavy atom. The quantitative estimate of drug-likeness (QED) is 0.875. The van der Waals surface area contributed by atoms with Crippen molar-refractivity contribution in [1.29, 1.82) is 0 Å². The van der Waals surface area contributed by atoms with Crippen LogP contribution in [0, 0.1) is 0 Å². The Balaban J connectivity index is 2.36. The van der Waals surface area contributed by atoms with E-state index >= 15 is 0 Å². The normalized spacial score (nSPS) is 12.6. The van der Waals surface area contributed by atoms with E-state index in [1.54, 1.807) is 0 Å². The van der Waals surface area contributed by atoms with Gasteiger partial charge in [0, 0.05) is 19.0 Å². The van der Waals surface area contributed by atoms with Crippen molar-refractivity contribution in [1.82, 2.24) is 9.78 Å². The fourth-order valence-electron chi connectivity index (χ4n) is 1.98.